The van der Waals surface area contributed by atoms with Gasteiger partial charge in [0.25, 0.3) is 0 Å². The molecule has 1 N–H and O–H groups in total. The maximum absolute atomic E-state index is 12.7. The molecule has 5 nitrogen and oxygen atoms in total. The van der Waals surface area contributed by atoms with Crippen LogP contribution in [-0.4, -0.2) is 41.6 Å². The van der Waals surface area contributed by atoms with Crippen LogP contribution in [0.2, 0.25) is 0 Å². The van der Waals surface area contributed by atoms with Crippen molar-refractivity contribution in [3.63, 3.8) is 0 Å². The molecular formula is C16H20N2O3. The van der Waals surface area contributed by atoms with Crippen molar-refractivity contribution in [1.29, 1.82) is 0 Å². The normalized spacial score (nSPS) is 24.8. The molecule has 1 aromatic carbocycles. The fraction of sp³-hybridized carbons (Fsp3) is 0.500. The Hall–Kier alpha value is -2.04. The summed E-state index contributed by atoms with van der Waals surface area (Å²) in [5.41, 5.74) is 1.32. The summed E-state index contributed by atoms with van der Waals surface area (Å²) in [6, 6.07) is 7.85. The van der Waals surface area contributed by atoms with Gasteiger partial charge in [-0.2, -0.15) is 0 Å². The first kappa shape index (κ1) is 13.9. The first-order valence-electron chi connectivity index (χ1n) is 7.39. The lowest BCUT2D eigenvalue weighted by Gasteiger charge is -2.39. The zero-order chi connectivity index (χ0) is 15.0. The highest BCUT2D eigenvalue weighted by Crippen LogP contribution is 2.33. The third kappa shape index (κ3) is 2.37. The molecule has 2 heterocycles. The van der Waals surface area contributed by atoms with Crippen molar-refractivity contribution < 1.29 is 14.7 Å². The number of urea groups is 1. The number of hydrogen-bond donors (Lipinski definition) is 1. The zero-order valence-corrected chi connectivity index (χ0v) is 12.2. The van der Waals surface area contributed by atoms with E-state index < -0.39 is 11.4 Å². The van der Waals surface area contributed by atoms with E-state index in [9.17, 15) is 14.7 Å². The van der Waals surface area contributed by atoms with E-state index in [0.717, 1.165) is 18.5 Å². The van der Waals surface area contributed by atoms with Crippen molar-refractivity contribution >= 4 is 17.7 Å². The van der Waals surface area contributed by atoms with Crippen molar-refractivity contribution in [3.8, 4) is 0 Å². The minimum absolute atomic E-state index is 0.0628. The summed E-state index contributed by atoms with van der Waals surface area (Å²) in [6.45, 7) is 3.34. The minimum atomic E-state index is -0.826. The fourth-order valence-corrected chi connectivity index (χ4v) is 3.28. The zero-order valence-electron chi connectivity index (χ0n) is 12.2. The van der Waals surface area contributed by atoms with Gasteiger partial charge in [0, 0.05) is 25.3 Å². The third-order valence-corrected chi connectivity index (χ3v) is 4.60. The van der Waals surface area contributed by atoms with Gasteiger partial charge >= 0.3 is 12.0 Å². The van der Waals surface area contributed by atoms with Crippen molar-refractivity contribution in [3.05, 3.63) is 29.8 Å². The van der Waals surface area contributed by atoms with Gasteiger partial charge in [-0.05, 0) is 37.8 Å². The Morgan fingerprint density at radius 2 is 2.00 bits per heavy atom. The molecule has 0 bridgehead atoms. The van der Waals surface area contributed by atoms with Gasteiger partial charge in [-0.1, -0.05) is 18.2 Å². The van der Waals surface area contributed by atoms with Crippen LogP contribution in [0.1, 0.15) is 25.3 Å². The second-order valence-corrected chi connectivity index (χ2v) is 6.20. The Morgan fingerprint density at radius 3 is 2.76 bits per heavy atom. The highest BCUT2D eigenvalue weighted by molar-refractivity contribution is 5.94. The number of nitrogens with zero attached hydrogens (tertiary/aromatic N) is 2. The van der Waals surface area contributed by atoms with Gasteiger partial charge in [-0.3, -0.25) is 9.69 Å². The predicted molar refractivity (Wildman–Crippen MR) is 79.4 cm³/mol. The first-order chi connectivity index (χ1) is 10.0. The van der Waals surface area contributed by atoms with E-state index in [1.165, 1.54) is 5.56 Å². The highest BCUT2D eigenvalue weighted by Gasteiger charge is 2.41. The van der Waals surface area contributed by atoms with Crippen LogP contribution < -0.4 is 4.90 Å². The van der Waals surface area contributed by atoms with E-state index in [0.29, 0.717) is 26.1 Å². The Kier molecular flexibility index (Phi) is 3.35. The highest BCUT2D eigenvalue weighted by atomic mass is 16.4. The second-order valence-electron chi connectivity index (χ2n) is 6.20. The van der Waals surface area contributed by atoms with E-state index in [1.54, 1.807) is 16.7 Å². The van der Waals surface area contributed by atoms with E-state index in [1.807, 2.05) is 24.3 Å². The van der Waals surface area contributed by atoms with Crippen molar-refractivity contribution in [2.75, 3.05) is 24.5 Å². The molecule has 1 aromatic rings. The number of carboxylic acid groups (broad SMARTS) is 1. The number of amides is 2. The molecule has 21 heavy (non-hydrogen) atoms. The number of carboxylic acids is 1. The molecule has 1 unspecified atom stereocenters. The number of carbonyl (C=O) groups excluding carboxylic acids is 1. The molecule has 0 radical (unpaired) electrons. The van der Waals surface area contributed by atoms with E-state index in [-0.39, 0.29) is 6.03 Å². The number of anilines is 1. The quantitative estimate of drug-likeness (QED) is 0.863. The number of rotatable bonds is 1. The molecule has 1 fully saturated rings. The van der Waals surface area contributed by atoms with Crippen LogP contribution in [0.5, 0.6) is 0 Å². The summed E-state index contributed by atoms with van der Waals surface area (Å²) in [5, 5.41) is 9.37. The molecule has 0 aliphatic carbocycles. The molecule has 1 saturated heterocycles. The summed E-state index contributed by atoms with van der Waals surface area (Å²) < 4.78 is 0. The molecule has 1 atom stereocenters. The van der Waals surface area contributed by atoms with E-state index in [4.69, 9.17) is 0 Å². The summed E-state index contributed by atoms with van der Waals surface area (Å²) in [5.74, 6) is -0.818. The average molecular weight is 288 g/mol. The Balaban J connectivity index is 1.79. The van der Waals surface area contributed by atoms with Crippen LogP contribution in [0, 0.1) is 5.41 Å². The number of likely N-dealkylation sites (tertiary alicyclic amines) is 1. The number of hydrogen-bond acceptors (Lipinski definition) is 2. The van der Waals surface area contributed by atoms with Crippen molar-refractivity contribution in [2.24, 2.45) is 5.41 Å². The number of piperidine rings is 1. The predicted octanol–water partition coefficient (Wildman–Crippen LogP) is 2.36. The van der Waals surface area contributed by atoms with Gasteiger partial charge in [0.05, 0.1) is 5.41 Å². The largest absolute Gasteiger partial charge is 0.481 e. The van der Waals surface area contributed by atoms with Crippen LogP contribution in [0.15, 0.2) is 24.3 Å². The maximum Gasteiger partial charge on any atom is 0.324 e. The Labute approximate surface area is 124 Å². The van der Waals surface area contributed by atoms with Crippen LogP contribution in [0.3, 0.4) is 0 Å². The molecular weight excluding hydrogens is 268 g/mol. The maximum atomic E-state index is 12.7. The van der Waals surface area contributed by atoms with E-state index >= 15 is 0 Å². The average Bonchev–Trinajstić information content (AvgIpc) is 2.90. The van der Waals surface area contributed by atoms with E-state index in [2.05, 4.69) is 0 Å². The van der Waals surface area contributed by atoms with Crippen molar-refractivity contribution in [1.82, 2.24) is 4.90 Å². The molecule has 0 saturated carbocycles. The van der Waals surface area contributed by atoms with Crippen LogP contribution >= 0.6 is 0 Å². The summed E-state index contributed by atoms with van der Waals surface area (Å²) in [6.07, 6.45) is 2.23. The minimum Gasteiger partial charge on any atom is -0.481 e. The lowest BCUT2D eigenvalue weighted by molar-refractivity contribution is -0.150. The van der Waals surface area contributed by atoms with Gasteiger partial charge in [-0.25, -0.2) is 4.79 Å². The van der Waals surface area contributed by atoms with Gasteiger partial charge in [0.15, 0.2) is 0 Å². The van der Waals surface area contributed by atoms with Crippen LogP contribution in [0.25, 0.3) is 0 Å². The second kappa shape index (κ2) is 5.06. The van der Waals surface area contributed by atoms with Crippen LogP contribution in [0.4, 0.5) is 10.5 Å². The summed E-state index contributed by atoms with van der Waals surface area (Å²) in [4.78, 5) is 27.6. The Bertz CT molecular complexity index is 587. The molecule has 0 spiro atoms. The lowest BCUT2D eigenvalue weighted by Crippen LogP contribution is -2.52. The third-order valence-electron chi connectivity index (χ3n) is 4.60. The van der Waals surface area contributed by atoms with Crippen molar-refractivity contribution in [2.45, 2.75) is 26.2 Å². The van der Waals surface area contributed by atoms with Gasteiger partial charge in [0.1, 0.15) is 0 Å². The van der Waals surface area contributed by atoms with Gasteiger partial charge in [-0.15, -0.1) is 0 Å². The topological polar surface area (TPSA) is 60.9 Å². The van der Waals surface area contributed by atoms with Gasteiger partial charge in [0.2, 0.25) is 0 Å². The fourth-order valence-electron chi connectivity index (χ4n) is 3.28. The number of carbonyl (C=O) groups is 2. The summed E-state index contributed by atoms with van der Waals surface area (Å²) in [7, 11) is 0. The molecule has 112 valence electrons. The van der Waals surface area contributed by atoms with Gasteiger partial charge < -0.3 is 10.0 Å². The Morgan fingerprint density at radius 1 is 1.24 bits per heavy atom. The molecule has 0 aromatic heterocycles. The molecule has 2 aliphatic rings. The molecule has 3 rings (SSSR count). The number of para-hydroxylation sites is 1. The number of benzene rings is 1. The monoisotopic (exact) mass is 288 g/mol. The first-order valence-corrected chi connectivity index (χ1v) is 7.39. The molecule has 2 amide bonds. The SMILES string of the molecule is CC1(C(=O)O)CCCN(C(=O)N2CCc3ccccc32)C1. The van der Waals surface area contributed by atoms with Crippen LogP contribution in [-0.2, 0) is 11.2 Å². The summed E-state index contributed by atoms with van der Waals surface area (Å²) >= 11 is 0. The molecule has 2 aliphatic heterocycles. The smallest absolute Gasteiger partial charge is 0.324 e. The number of fused-ring (bicyclic) bond motifs is 1. The standard InChI is InChI=1S/C16H20N2O3/c1-16(14(19)20)8-4-9-17(11-16)15(21)18-10-7-12-5-2-3-6-13(12)18/h2-3,5-6H,4,7-11H2,1H3,(H,19,20). The number of aliphatic carboxylic acids is 1. The molecule has 5 heteroatoms. The lowest BCUT2D eigenvalue weighted by atomic mass is 9.82.